The van der Waals surface area contributed by atoms with Crippen molar-refractivity contribution < 1.29 is 19.1 Å². The standard InChI is InChI=1S/C37H39N3O4/c1-24-31(32-21-30(43-2)19-20-34(32)38-24)22-35(41)40-37(42)36(26-10-5-3-4-6-11-26)27-14-17-29(18-15-27)44-23-28-16-13-25-9-7-8-12-33(25)39-28/h7-9,12-21,26,36,38H,3-6,10-11,22-23H2,1-2H3,(H,40,41,42). The van der Waals surface area contributed by atoms with Crippen LogP contribution in [-0.4, -0.2) is 28.9 Å². The molecule has 7 heteroatoms. The first-order valence-electron chi connectivity index (χ1n) is 15.5. The molecular formula is C37H39N3O4. The van der Waals surface area contributed by atoms with Crippen LogP contribution in [0.25, 0.3) is 21.8 Å². The number of benzene rings is 3. The second-order valence-corrected chi connectivity index (χ2v) is 11.8. The number of aromatic amines is 1. The molecule has 2 amide bonds. The summed E-state index contributed by atoms with van der Waals surface area (Å²) >= 11 is 0. The van der Waals surface area contributed by atoms with Gasteiger partial charge in [0.1, 0.15) is 18.1 Å². The Kier molecular flexibility index (Phi) is 8.91. The van der Waals surface area contributed by atoms with Crippen molar-refractivity contribution in [1.82, 2.24) is 15.3 Å². The quantitative estimate of drug-likeness (QED) is 0.173. The highest BCUT2D eigenvalue weighted by atomic mass is 16.5. The van der Waals surface area contributed by atoms with Crippen LogP contribution in [0.5, 0.6) is 11.5 Å². The van der Waals surface area contributed by atoms with E-state index in [1.807, 2.05) is 79.7 Å². The average molecular weight is 590 g/mol. The number of nitrogens with zero attached hydrogens (tertiary/aromatic N) is 1. The molecule has 3 aromatic carbocycles. The summed E-state index contributed by atoms with van der Waals surface area (Å²) in [5.41, 5.74) is 5.42. The Balaban J connectivity index is 1.17. The van der Waals surface area contributed by atoms with E-state index in [1.165, 1.54) is 12.8 Å². The number of methoxy groups -OCH3 is 1. The first kappa shape index (κ1) is 29.4. The number of aromatic nitrogens is 2. The third kappa shape index (κ3) is 6.62. The Morgan fingerprint density at radius 1 is 0.932 bits per heavy atom. The van der Waals surface area contributed by atoms with Crippen LogP contribution in [-0.2, 0) is 22.6 Å². The van der Waals surface area contributed by atoms with Crippen LogP contribution in [0.15, 0.2) is 78.9 Å². The van der Waals surface area contributed by atoms with Gasteiger partial charge in [0.05, 0.1) is 30.7 Å². The molecule has 2 N–H and O–H groups in total. The normalized spacial score (nSPS) is 14.7. The number of imide groups is 1. The lowest BCUT2D eigenvalue weighted by Gasteiger charge is -2.26. The highest BCUT2D eigenvalue weighted by Gasteiger charge is 2.31. The number of carbonyl (C=O) groups is 2. The van der Waals surface area contributed by atoms with E-state index in [4.69, 9.17) is 14.5 Å². The molecule has 0 radical (unpaired) electrons. The zero-order valence-electron chi connectivity index (χ0n) is 25.4. The Hall–Kier alpha value is -4.65. The summed E-state index contributed by atoms with van der Waals surface area (Å²) in [6.07, 6.45) is 6.61. The van der Waals surface area contributed by atoms with Crippen molar-refractivity contribution in [3.05, 3.63) is 101 Å². The summed E-state index contributed by atoms with van der Waals surface area (Å²) in [7, 11) is 1.63. The van der Waals surface area contributed by atoms with Gasteiger partial charge in [-0.05, 0) is 79.3 Å². The first-order valence-corrected chi connectivity index (χ1v) is 15.5. The van der Waals surface area contributed by atoms with Crippen molar-refractivity contribution in [3.8, 4) is 11.5 Å². The molecule has 1 atom stereocenters. The van der Waals surface area contributed by atoms with Gasteiger partial charge in [-0.3, -0.25) is 14.9 Å². The summed E-state index contributed by atoms with van der Waals surface area (Å²) in [6, 6.07) is 25.6. The second kappa shape index (κ2) is 13.3. The zero-order chi connectivity index (χ0) is 30.5. The van der Waals surface area contributed by atoms with Gasteiger partial charge < -0.3 is 14.5 Å². The molecule has 1 aliphatic rings. The smallest absolute Gasteiger partial charge is 0.234 e. The predicted molar refractivity (Wildman–Crippen MR) is 173 cm³/mol. The van der Waals surface area contributed by atoms with E-state index < -0.39 is 5.92 Å². The van der Waals surface area contributed by atoms with E-state index in [1.54, 1.807) is 7.11 Å². The second-order valence-electron chi connectivity index (χ2n) is 11.8. The maximum atomic E-state index is 13.8. The highest BCUT2D eigenvalue weighted by Crippen LogP contribution is 2.36. The zero-order valence-corrected chi connectivity index (χ0v) is 25.4. The summed E-state index contributed by atoms with van der Waals surface area (Å²) in [6.45, 7) is 2.30. The number of hydrogen-bond acceptors (Lipinski definition) is 5. The SMILES string of the molecule is COc1ccc2[nH]c(C)c(CC(=O)NC(=O)C(c3ccc(OCc4ccc5ccccc5n4)cc3)C3CCCCCC3)c2c1. The first-order chi connectivity index (χ1) is 21.5. The van der Waals surface area contributed by atoms with Crippen LogP contribution in [0, 0.1) is 12.8 Å². The average Bonchev–Trinajstić information content (AvgIpc) is 3.18. The molecule has 0 bridgehead atoms. The minimum Gasteiger partial charge on any atom is -0.497 e. The summed E-state index contributed by atoms with van der Waals surface area (Å²) in [5, 5.41) is 4.79. The van der Waals surface area contributed by atoms with Gasteiger partial charge in [0.2, 0.25) is 11.8 Å². The Bertz CT molecular complexity index is 1770. The van der Waals surface area contributed by atoms with Gasteiger partial charge in [-0.15, -0.1) is 0 Å². The molecule has 226 valence electrons. The number of rotatable bonds is 9. The molecule has 1 unspecified atom stereocenters. The number of H-pyrrole nitrogens is 1. The lowest BCUT2D eigenvalue weighted by Crippen LogP contribution is -2.38. The highest BCUT2D eigenvalue weighted by molar-refractivity contribution is 6.01. The number of para-hydroxylation sites is 1. The van der Waals surface area contributed by atoms with Crippen molar-refractivity contribution in [2.75, 3.05) is 7.11 Å². The molecule has 2 aromatic heterocycles. The van der Waals surface area contributed by atoms with Crippen LogP contribution in [0.2, 0.25) is 0 Å². The minimum atomic E-state index is -0.405. The molecule has 1 saturated carbocycles. The maximum absolute atomic E-state index is 13.8. The number of pyridine rings is 1. The third-order valence-corrected chi connectivity index (χ3v) is 8.86. The summed E-state index contributed by atoms with van der Waals surface area (Å²) < 4.78 is 11.5. The van der Waals surface area contributed by atoms with Gasteiger partial charge in [-0.25, -0.2) is 4.98 Å². The van der Waals surface area contributed by atoms with Gasteiger partial charge in [0.25, 0.3) is 0 Å². The number of fused-ring (bicyclic) bond motifs is 2. The molecule has 0 aliphatic heterocycles. The molecule has 5 aromatic rings. The van der Waals surface area contributed by atoms with Crippen LogP contribution >= 0.6 is 0 Å². The van der Waals surface area contributed by atoms with Gasteiger partial charge >= 0.3 is 0 Å². The van der Waals surface area contributed by atoms with Gasteiger partial charge in [0.15, 0.2) is 0 Å². The van der Waals surface area contributed by atoms with E-state index in [-0.39, 0.29) is 24.2 Å². The lowest BCUT2D eigenvalue weighted by molar-refractivity contribution is -0.131. The van der Waals surface area contributed by atoms with Crippen LogP contribution in [0.4, 0.5) is 0 Å². The van der Waals surface area contributed by atoms with Crippen molar-refractivity contribution in [2.24, 2.45) is 5.92 Å². The van der Waals surface area contributed by atoms with Crippen molar-refractivity contribution in [2.45, 2.75) is 64.4 Å². The van der Waals surface area contributed by atoms with Crippen molar-refractivity contribution in [3.63, 3.8) is 0 Å². The van der Waals surface area contributed by atoms with E-state index in [0.717, 1.165) is 75.8 Å². The lowest BCUT2D eigenvalue weighted by atomic mass is 9.80. The van der Waals surface area contributed by atoms with Crippen molar-refractivity contribution >= 4 is 33.6 Å². The molecular weight excluding hydrogens is 550 g/mol. The molecule has 0 spiro atoms. The topological polar surface area (TPSA) is 93.3 Å². The van der Waals surface area contributed by atoms with E-state index in [9.17, 15) is 9.59 Å². The maximum Gasteiger partial charge on any atom is 0.234 e. The van der Waals surface area contributed by atoms with Gasteiger partial charge in [-0.1, -0.05) is 62.1 Å². The largest absolute Gasteiger partial charge is 0.497 e. The Labute approximate surface area is 258 Å². The summed E-state index contributed by atoms with van der Waals surface area (Å²) in [4.78, 5) is 35.2. The fraction of sp³-hybridized carbons (Fsp3) is 0.324. The van der Waals surface area contributed by atoms with Gasteiger partial charge in [0, 0.05) is 22.0 Å². The third-order valence-electron chi connectivity index (χ3n) is 8.86. The monoisotopic (exact) mass is 589 g/mol. The van der Waals surface area contributed by atoms with Gasteiger partial charge in [-0.2, -0.15) is 0 Å². The number of amides is 2. The molecule has 6 rings (SSSR count). The van der Waals surface area contributed by atoms with E-state index in [2.05, 4.69) is 16.4 Å². The number of carbonyl (C=O) groups excluding carboxylic acids is 2. The molecule has 0 saturated heterocycles. The number of hydrogen-bond donors (Lipinski definition) is 2. The Morgan fingerprint density at radius 3 is 2.45 bits per heavy atom. The molecule has 44 heavy (non-hydrogen) atoms. The summed E-state index contributed by atoms with van der Waals surface area (Å²) in [5.74, 6) is 0.679. The molecule has 2 heterocycles. The molecule has 1 fully saturated rings. The van der Waals surface area contributed by atoms with Crippen LogP contribution in [0.3, 0.4) is 0 Å². The fourth-order valence-electron chi connectivity index (χ4n) is 6.54. The number of aryl methyl sites for hydroxylation is 1. The predicted octanol–water partition coefficient (Wildman–Crippen LogP) is 7.55. The van der Waals surface area contributed by atoms with Crippen LogP contribution < -0.4 is 14.8 Å². The van der Waals surface area contributed by atoms with E-state index >= 15 is 0 Å². The van der Waals surface area contributed by atoms with E-state index in [0.29, 0.717) is 12.4 Å². The number of ether oxygens (including phenoxy) is 2. The van der Waals surface area contributed by atoms with Crippen LogP contribution in [0.1, 0.15) is 67.0 Å². The molecule has 7 nitrogen and oxygen atoms in total. The fourth-order valence-corrected chi connectivity index (χ4v) is 6.54. The minimum absolute atomic E-state index is 0.109. The molecule has 1 aliphatic carbocycles. The van der Waals surface area contributed by atoms with Crippen molar-refractivity contribution in [1.29, 1.82) is 0 Å². The Morgan fingerprint density at radius 2 is 1.68 bits per heavy atom. The number of nitrogens with one attached hydrogen (secondary N) is 2.